The van der Waals surface area contributed by atoms with Gasteiger partial charge in [0.15, 0.2) is 0 Å². The molecule has 0 saturated carbocycles. The molecule has 0 amide bonds. The summed E-state index contributed by atoms with van der Waals surface area (Å²) in [7, 11) is 1.98. The molecule has 0 spiro atoms. The van der Waals surface area contributed by atoms with Gasteiger partial charge in [-0.3, -0.25) is 0 Å². The second kappa shape index (κ2) is 23.0. The van der Waals surface area contributed by atoms with Gasteiger partial charge < -0.3 is 20.4 Å². The molecule has 2 aliphatic heterocycles. The van der Waals surface area contributed by atoms with Crippen molar-refractivity contribution in [3.63, 3.8) is 0 Å². The van der Waals surface area contributed by atoms with Crippen LogP contribution < -0.4 is 15.5 Å². The fraction of sp³-hybridized carbons (Fsp3) is 0.528. The lowest BCUT2D eigenvalue weighted by Gasteiger charge is -2.28. The molecule has 2 aromatic rings. The van der Waals surface area contributed by atoms with E-state index in [-0.39, 0.29) is 0 Å². The van der Waals surface area contributed by atoms with Crippen molar-refractivity contribution in [3.8, 4) is 6.07 Å². The summed E-state index contributed by atoms with van der Waals surface area (Å²) in [5.41, 5.74) is 6.17. The molecule has 2 fully saturated rings. The highest BCUT2D eigenvalue weighted by Gasteiger charge is 2.13. The maximum Gasteiger partial charge on any atom is 0.132 e. The Bertz CT molecular complexity index is 1150. The summed E-state index contributed by atoms with van der Waals surface area (Å²) in [6.45, 7) is 23.7. The highest BCUT2D eigenvalue weighted by atomic mass is 15.2. The number of hydrogen-bond donors (Lipinski definition) is 2. The number of piperazine rings is 1. The van der Waals surface area contributed by atoms with Crippen LogP contribution >= 0.6 is 0 Å². The number of nitriles is 1. The molecule has 2 N–H and O–H groups in total. The van der Waals surface area contributed by atoms with Gasteiger partial charge in [0.1, 0.15) is 11.6 Å². The standard InChI is InChI=1S/C14H17N.C12H18N4.C6H13N.C2H3N.C2H6/c1-3-11-9-12-7-5-4-6-8-13(12)14(10-11)15-2;1-3-10-9-12(15-11(4-2)14-10)16-7-5-13-6-8-16;1-2-7-5-3-4-6-7;1-2-3;1-2/h5-10,15H,3-4H2,1-2H3;3,9,13H,1,4-8H2,2H3;2-6H2,1H3;1H3;1-2H3. The average molecular weight is 588 g/mol. The van der Waals surface area contributed by atoms with E-state index >= 15 is 0 Å². The second-order valence-corrected chi connectivity index (χ2v) is 10.0. The molecular weight excluding hydrogens is 530 g/mol. The van der Waals surface area contributed by atoms with Crippen LogP contribution in [0.25, 0.3) is 18.2 Å². The van der Waals surface area contributed by atoms with Gasteiger partial charge in [-0.25, -0.2) is 9.97 Å². The Kier molecular flexibility index (Phi) is 20.1. The fourth-order valence-electron chi connectivity index (χ4n) is 4.85. The summed E-state index contributed by atoms with van der Waals surface area (Å²) in [5, 5.41) is 13.9. The summed E-state index contributed by atoms with van der Waals surface area (Å²) in [4.78, 5) is 13.7. The number of likely N-dealkylation sites (tertiary alicyclic amines) is 1. The molecule has 2 saturated heterocycles. The number of nitrogens with one attached hydrogen (secondary N) is 2. The smallest absolute Gasteiger partial charge is 0.132 e. The molecule has 0 atom stereocenters. The monoisotopic (exact) mass is 587 g/mol. The van der Waals surface area contributed by atoms with E-state index in [0.29, 0.717) is 0 Å². The van der Waals surface area contributed by atoms with E-state index in [2.05, 4.69) is 94.2 Å². The quantitative estimate of drug-likeness (QED) is 0.363. The van der Waals surface area contributed by atoms with Crippen LogP contribution in [0.1, 0.15) is 89.0 Å². The fourth-order valence-corrected chi connectivity index (χ4v) is 4.85. The highest BCUT2D eigenvalue weighted by Crippen LogP contribution is 2.27. The second-order valence-electron chi connectivity index (χ2n) is 10.0. The van der Waals surface area contributed by atoms with Gasteiger partial charge in [-0.05, 0) is 68.6 Å². The molecule has 0 bridgehead atoms. The minimum Gasteiger partial charge on any atom is -0.388 e. The Morgan fingerprint density at radius 3 is 2.16 bits per heavy atom. The molecule has 7 heteroatoms. The van der Waals surface area contributed by atoms with E-state index in [4.69, 9.17) is 5.26 Å². The van der Waals surface area contributed by atoms with Crippen molar-refractivity contribution in [3.05, 3.63) is 65.1 Å². The van der Waals surface area contributed by atoms with Crippen molar-refractivity contribution in [1.29, 1.82) is 5.26 Å². The Balaban J connectivity index is 0.000000316. The van der Waals surface area contributed by atoms with E-state index in [1.54, 1.807) is 12.1 Å². The third kappa shape index (κ3) is 13.6. The van der Waals surface area contributed by atoms with E-state index in [1.165, 1.54) is 61.8 Å². The van der Waals surface area contributed by atoms with Crippen molar-refractivity contribution in [2.75, 3.05) is 63.1 Å². The average Bonchev–Trinajstić information content (AvgIpc) is 3.50. The van der Waals surface area contributed by atoms with E-state index in [9.17, 15) is 0 Å². The molecule has 5 rings (SSSR count). The number of rotatable bonds is 6. The number of hydrogen-bond acceptors (Lipinski definition) is 7. The van der Waals surface area contributed by atoms with Gasteiger partial charge in [0.25, 0.3) is 0 Å². The summed E-state index contributed by atoms with van der Waals surface area (Å²) in [5.74, 6) is 1.93. The minimum absolute atomic E-state index is 0.862. The first-order chi connectivity index (χ1) is 21.0. The lowest BCUT2D eigenvalue weighted by molar-refractivity contribution is 0.359. The molecule has 0 radical (unpaired) electrons. The lowest BCUT2D eigenvalue weighted by atomic mass is 10.00. The Hall–Kier alpha value is -3.47. The van der Waals surface area contributed by atoms with Gasteiger partial charge in [0.05, 0.1) is 11.8 Å². The zero-order chi connectivity index (χ0) is 31.9. The molecule has 1 aromatic heterocycles. The molecule has 3 aliphatic rings. The highest BCUT2D eigenvalue weighted by molar-refractivity contribution is 5.78. The van der Waals surface area contributed by atoms with Gasteiger partial charge >= 0.3 is 0 Å². The first-order valence-electron chi connectivity index (χ1n) is 16.2. The zero-order valence-electron chi connectivity index (χ0n) is 28.0. The third-order valence-corrected chi connectivity index (χ3v) is 7.19. The minimum atomic E-state index is 0.862. The van der Waals surface area contributed by atoms with Crippen LogP contribution in [0.5, 0.6) is 0 Å². The number of aromatic nitrogens is 2. The summed E-state index contributed by atoms with van der Waals surface area (Å²) in [6, 6.07) is 8.28. The predicted octanol–water partition coefficient (Wildman–Crippen LogP) is 7.47. The van der Waals surface area contributed by atoms with Crippen LogP contribution in [0.2, 0.25) is 0 Å². The van der Waals surface area contributed by atoms with Crippen molar-refractivity contribution >= 4 is 29.7 Å². The predicted molar refractivity (Wildman–Crippen MR) is 189 cm³/mol. The van der Waals surface area contributed by atoms with Gasteiger partial charge in [-0.1, -0.05) is 71.6 Å². The van der Waals surface area contributed by atoms with Gasteiger partial charge in [0.2, 0.25) is 0 Å². The van der Waals surface area contributed by atoms with Gasteiger partial charge in [-0.15, -0.1) is 0 Å². The van der Waals surface area contributed by atoms with Gasteiger partial charge in [-0.2, -0.15) is 5.26 Å². The van der Waals surface area contributed by atoms with Crippen LogP contribution in [0, 0.1) is 11.3 Å². The van der Waals surface area contributed by atoms with Crippen LogP contribution in [0.15, 0.2) is 36.9 Å². The molecule has 1 aliphatic carbocycles. The molecule has 7 nitrogen and oxygen atoms in total. The maximum atomic E-state index is 7.32. The first-order valence-corrected chi connectivity index (χ1v) is 16.2. The number of benzene rings is 1. The topological polar surface area (TPSA) is 80.1 Å². The number of nitrogens with zero attached hydrogens (tertiary/aromatic N) is 5. The molecule has 1 aromatic carbocycles. The third-order valence-electron chi connectivity index (χ3n) is 7.19. The Morgan fingerprint density at radius 2 is 1.63 bits per heavy atom. The maximum absolute atomic E-state index is 7.32. The number of allylic oxidation sites excluding steroid dienone is 2. The number of fused-ring (bicyclic) bond motifs is 1. The summed E-state index contributed by atoms with van der Waals surface area (Å²) >= 11 is 0. The number of anilines is 2. The molecular formula is C36H57N7. The lowest BCUT2D eigenvalue weighted by Crippen LogP contribution is -2.44. The number of aryl methyl sites for hydroxylation is 2. The van der Waals surface area contributed by atoms with E-state index < -0.39 is 0 Å². The molecule has 3 heterocycles. The van der Waals surface area contributed by atoms with Gasteiger partial charge in [0, 0.05) is 63.9 Å². The van der Waals surface area contributed by atoms with Crippen LogP contribution in [0.4, 0.5) is 11.5 Å². The van der Waals surface area contributed by atoms with Crippen molar-refractivity contribution in [1.82, 2.24) is 20.2 Å². The van der Waals surface area contributed by atoms with E-state index in [0.717, 1.165) is 62.8 Å². The molecule has 0 unspecified atom stereocenters. The largest absolute Gasteiger partial charge is 0.388 e. The molecule has 43 heavy (non-hydrogen) atoms. The summed E-state index contributed by atoms with van der Waals surface area (Å²) in [6.07, 6.45) is 16.4. The molecule has 236 valence electrons. The van der Waals surface area contributed by atoms with Crippen molar-refractivity contribution < 1.29 is 0 Å². The van der Waals surface area contributed by atoms with Crippen LogP contribution in [0.3, 0.4) is 0 Å². The van der Waals surface area contributed by atoms with Crippen molar-refractivity contribution in [2.24, 2.45) is 0 Å². The Morgan fingerprint density at radius 1 is 0.977 bits per heavy atom. The van der Waals surface area contributed by atoms with Crippen LogP contribution in [-0.4, -0.2) is 67.7 Å². The zero-order valence-corrected chi connectivity index (χ0v) is 28.0. The van der Waals surface area contributed by atoms with E-state index in [1.807, 2.05) is 27.0 Å². The summed E-state index contributed by atoms with van der Waals surface area (Å²) < 4.78 is 0. The van der Waals surface area contributed by atoms with Crippen LogP contribution in [-0.2, 0) is 12.8 Å². The Labute approximate surface area is 262 Å². The van der Waals surface area contributed by atoms with Crippen molar-refractivity contribution in [2.45, 2.75) is 73.6 Å². The normalized spacial score (nSPS) is 14.9. The SMILES string of the molecule is C=Cc1cc(N2CCNCC2)nc(CC)n1.CC.CC#N.CCN1CCCC1.CCc1cc2c(c(NC)c1)C=CCC=C2. The first kappa shape index (κ1) is 37.6.